The van der Waals surface area contributed by atoms with E-state index < -0.39 is 0 Å². The third-order valence-corrected chi connectivity index (χ3v) is 3.65. The van der Waals surface area contributed by atoms with Crippen molar-refractivity contribution in [1.29, 1.82) is 0 Å². The second kappa shape index (κ2) is 8.43. The Labute approximate surface area is 112 Å². The quantitative estimate of drug-likeness (QED) is 0.630. The van der Waals surface area contributed by atoms with Gasteiger partial charge in [0.1, 0.15) is 0 Å². The third-order valence-electron chi connectivity index (χ3n) is 2.93. The van der Waals surface area contributed by atoms with Crippen molar-refractivity contribution in [2.45, 2.75) is 44.6 Å². The fourth-order valence-electron chi connectivity index (χ4n) is 1.88. The Morgan fingerprint density at radius 3 is 2.18 bits per heavy atom. The first-order chi connectivity index (χ1) is 8.24. The van der Waals surface area contributed by atoms with Crippen molar-refractivity contribution in [3.8, 4) is 0 Å². The van der Waals surface area contributed by atoms with E-state index in [-0.39, 0.29) is 0 Å². The number of halogens is 1. The average molecular weight is 298 g/mol. The van der Waals surface area contributed by atoms with Crippen molar-refractivity contribution < 1.29 is 4.79 Å². The molecule has 0 aromatic heterocycles. The summed E-state index contributed by atoms with van der Waals surface area (Å²) in [4.78, 5) is 10.2. The maximum atomic E-state index is 10.2. The maximum Gasteiger partial charge on any atom is 0.151 e. The van der Waals surface area contributed by atoms with Gasteiger partial charge >= 0.3 is 0 Å². The molecule has 1 saturated carbocycles. The highest BCUT2D eigenvalue weighted by Gasteiger charge is 2.05. The van der Waals surface area contributed by atoms with Gasteiger partial charge in [-0.3, -0.25) is 4.79 Å². The van der Waals surface area contributed by atoms with Crippen LogP contribution in [0.1, 0.15) is 48.9 Å². The van der Waals surface area contributed by atoms with Crippen LogP contribution in [0.25, 0.3) is 0 Å². The second-order valence-corrected chi connectivity index (χ2v) is 5.25. The Kier molecular flexibility index (Phi) is 7.13. The minimum absolute atomic E-state index is 0.525. The normalized spacial score (nSPS) is 16.6. The average Bonchev–Trinajstić information content (AvgIpc) is 2.58. The van der Waals surface area contributed by atoms with Gasteiger partial charge in [0.25, 0.3) is 0 Å². The fraction of sp³-hybridized carbons (Fsp3) is 0.500. The van der Waals surface area contributed by atoms with Gasteiger partial charge in [0.15, 0.2) is 6.29 Å². The van der Waals surface area contributed by atoms with Gasteiger partial charge in [-0.1, -0.05) is 59.8 Å². The van der Waals surface area contributed by atoms with Crippen LogP contribution in [0, 0.1) is 0 Å². The van der Waals surface area contributed by atoms with E-state index in [2.05, 4.69) is 15.9 Å². The van der Waals surface area contributed by atoms with Gasteiger partial charge in [-0.05, 0) is 18.9 Å². The fourth-order valence-corrected chi connectivity index (χ4v) is 2.26. The molecule has 94 valence electrons. The van der Waals surface area contributed by atoms with E-state index >= 15 is 0 Å². The molecule has 17 heavy (non-hydrogen) atoms. The Hall–Kier alpha value is -0.670. The summed E-state index contributed by atoms with van der Waals surface area (Å²) in [5, 5.41) is 0. The van der Waals surface area contributed by atoms with Crippen LogP contribution in [0.5, 0.6) is 0 Å². The van der Waals surface area contributed by atoms with E-state index in [1.807, 2.05) is 18.2 Å². The first kappa shape index (κ1) is 14.4. The van der Waals surface area contributed by atoms with Crippen LogP contribution >= 0.6 is 15.9 Å². The zero-order valence-electron chi connectivity index (χ0n) is 10.1. The molecule has 0 spiro atoms. The number of carbonyl (C=O) groups is 1. The van der Waals surface area contributed by atoms with Gasteiger partial charge in [-0.25, -0.2) is 0 Å². The van der Waals surface area contributed by atoms with Crippen LogP contribution in [0.4, 0.5) is 0 Å². The maximum absolute atomic E-state index is 10.2. The van der Waals surface area contributed by atoms with E-state index in [9.17, 15) is 4.79 Å². The number of rotatable bonds is 1. The van der Waals surface area contributed by atoms with Crippen molar-refractivity contribution in [3.63, 3.8) is 0 Å². The van der Waals surface area contributed by atoms with Crippen LogP contribution in [0.3, 0.4) is 0 Å². The first-order valence-corrected chi connectivity index (χ1v) is 6.98. The topological polar surface area (TPSA) is 43.1 Å². The Balaban J connectivity index is 0.000000171. The molecule has 1 fully saturated rings. The van der Waals surface area contributed by atoms with Crippen LogP contribution in [-0.4, -0.2) is 12.3 Å². The van der Waals surface area contributed by atoms with E-state index in [4.69, 9.17) is 5.73 Å². The Morgan fingerprint density at radius 2 is 1.71 bits per heavy atom. The van der Waals surface area contributed by atoms with E-state index in [0.717, 1.165) is 10.8 Å². The van der Waals surface area contributed by atoms with Gasteiger partial charge in [-0.2, -0.15) is 0 Å². The molecule has 2 nitrogen and oxygen atoms in total. The Morgan fingerprint density at radius 1 is 1.12 bits per heavy atom. The molecule has 0 heterocycles. The molecule has 0 unspecified atom stereocenters. The van der Waals surface area contributed by atoms with Crippen molar-refractivity contribution >= 4 is 22.2 Å². The zero-order valence-corrected chi connectivity index (χ0v) is 11.7. The van der Waals surface area contributed by atoms with Gasteiger partial charge < -0.3 is 5.73 Å². The molecule has 0 amide bonds. The monoisotopic (exact) mass is 297 g/mol. The highest BCUT2D eigenvalue weighted by molar-refractivity contribution is 9.10. The van der Waals surface area contributed by atoms with E-state index in [1.165, 1.54) is 38.5 Å². The predicted molar refractivity (Wildman–Crippen MR) is 75.2 cm³/mol. The van der Waals surface area contributed by atoms with E-state index in [1.54, 1.807) is 6.07 Å². The van der Waals surface area contributed by atoms with Crippen LogP contribution in [-0.2, 0) is 0 Å². The van der Waals surface area contributed by atoms with Crippen LogP contribution in [0.15, 0.2) is 28.7 Å². The lowest BCUT2D eigenvalue weighted by molar-refractivity contribution is 0.112. The lowest BCUT2D eigenvalue weighted by Gasteiger charge is -2.03. The van der Waals surface area contributed by atoms with Gasteiger partial charge in [0, 0.05) is 16.1 Å². The molecule has 0 radical (unpaired) electrons. The van der Waals surface area contributed by atoms with Crippen molar-refractivity contribution in [2.75, 3.05) is 0 Å². The highest BCUT2D eigenvalue weighted by Crippen LogP contribution is 2.15. The van der Waals surface area contributed by atoms with Gasteiger partial charge in [-0.15, -0.1) is 0 Å². The molecule has 2 rings (SSSR count). The number of benzene rings is 1. The van der Waals surface area contributed by atoms with Gasteiger partial charge in [0.2, 0.25) is 0 Å². The summed E-state index contributed by atoms with van der Waals surface area (Å²) in [6.45, 7) is 0. The first-order valence-electron chi connectivity index (χ1n) is 6.19. The molecule has 1 aromatic rings. The van der Waals surface area contributed by atoms with Crippen molar-refractivity contribution in [1.82, 2.24) is 0 Å². The molecule has 2 N–H and O–H groups in total. The molecule has 0 saturated heterocycles. The number of carbonyl (C=O) groups excluding carboxylic acids is 1. The van der Waals surface area contributed by atoms with E-state index in [0.29, 0.717) is 11.6 Å². The summed E-state index contributed by atoms with van der Waals surface area (Å²) < 4.78 is 0.847. The standard InChI is InChI=1S/C7H5BrO.C7H15N/c8-7-4-2-1-3-6(7)5-9;8-7-5-3-1-2-4-6-7/h1-5H;7H,1-6,8H2. The Bertz CT molecular complexity index is 333. The smallest absolute Gasteiger partial charge is 0.151 e. The summed E-state index contributed by atoms with van der Waals surface area (Å²) >= 11 is 3.23. The summed E-state index contributed by atoms with van der Waals surface area (Å²) in [6.07, 6.45) is 8.90. The molecule has 1 aliphatic carbocycles. The predicted octanol–water partition coefficient (Wildman–Crippen LogP) is 3.93. The zero-order chi connectivity index (χ0) is 12.5. The molecular weight excluding hydrogens is 278 g/mol. The summed E-state index contributed by atoms with van der Waals surface area (Å²) in [5.41, 5.74) is 6.43. The third kappa shape index (κ3) is 5.99. The number of hydrogen-bond acceptors (Lipinski definition) is 2. The summed E-state index contributed by atoms with van der Waals surface area (Å²) in [7, 11) is 0. The minimum Gasteiger partial charge on any atom is -0.328 e. The van der Waals surface area contributed by atoms with Crippen molar-refractivity contribution in [2.24, 2.45) is 5.73 Å². The summed E-state index contributed by atoms with van der Waals surface area (Å²) in [5.74, 6) is 0. The number of hydrogen-bond donors (Lipinski definition) is 1. The minimum atomic E-state index is 0.525. The summed E-state index contributed by atoms with van der Waals surface area (Å²) in [6, 6.07) is 7.82. The highest BCUT2D eigenvalue weighted by atomic mass is 79.9. The molecular formula is C14H20BrNO. The molecule has 1 aromatic carbocycles. The molecule has 1 aliphatic rings. The van der Waals surface area contributed by atoms with Crippen LogP contribution in [0.2, 0.25) is 0 Å². The molecule has 0 aliphatic heterocycles. The molecule has 3 heteroatoms. The van der Waals surface area contributed by atoms with Gasteiger partial charge in [0.05, 0.1) is 0 Å². The lowest BCUT2D eigenvalue weighted by Crippen LogP contribution is -2.17. The molecule has 0 atom stereocenters. The lowest BCUT2D eigenvalue weighted by atomic mass is 10.1. The molecule has 0 bridgehead atoms. The SMILES string of the molecule is NC1CCCCCC1.O=Cc1ccccc1Br. The second-order valence-electron chi connectivity index (χ2n) is 4.39. The van der Waals surface area contributed by atoms with Crippen LogP contribution < -0.4 is 5.73 Å². The largest absolute Gasteiger partial charge is 0.328 e. The number of nitrogens with two attached hydrogens (primary N) is 1. The number of aldehydes is 1. The van der Waals surface area contributed by atoms with Crippen molar-refractivity contribution in [3.05, 3.63) is 34.3 Å².